The van der Waals surface area contributed by atoms with E-state index in [0.29, 0.717) is 18.0 Å². The van der Waals surface area contributed by atoms with Crippen molar-refractivity contribution in [3.8, 4) is 5.75 Å². The highest BCUT2D eigenvalue weighted by molar-refractivity contribution is 5.97. The zero-order valence-electron chi connectivity index (χ0n) is 10.4. The molecular formula is C14H19NO3. The number of Topliss-reactive ketones (excluding diaryl/α,β-unsaturated/α-hetero) is 1. The van der Waals surface area contributed by atoms with Crippen molar-refractivity contribution >= 4 is 5.78 Å². The Kier molecular flexibility index (Phi) is 4.33. The topological polar surface area (TPSA) is 60.8 Å². The summed E-state index contributed by atoms with van der Waals surface area (Å²) < 4.78 is 0. The molecular weight excluding hydrogens is 230 g/mol. The van der Waals surface area contributed by atoms with E-state index in [1.54, 1.807) is 12.1 Å². The molecule has 1 aliphatic heterocycles. The van der Waals surface area contributed by atoms with Crippen LogP contribution in [0, 0.1) is 5.92 Å². The summed E-state index contributed by atoms with van der Waals surface area (Å²) in [6.45, 7) is 2.41. The number of likely N-dealkylation sites (tertiary alicyclic amines) is 1. The fourth-order valence-electron chi connectivity index (χ4n) is 2.27. The number of rotatable bonds is 4. The van der Waals surface area contributed by atoms with Crippen LogP contribution in [-0.4, -0.2) is 47.1 Å². The smallest absolute Gasteiger partial charge is 0.176 e. The van der Waals surface area contributed by atoms with Crippen molar-refractivity contribution in [2.75, 3.05) is 26.2 Å². The first-order valence-corrected chi connectivity index (χ1v) is 6.34. The van der Waals surface area contributed by atoms with E-state index in [1.807, 2.05) is 0 Å². The van der Waals surface area contributed by atoms with Crippen molar-refractivity contribution in [3.05, 3.63) is 29.8 Å². The number of carbonyl (C=O) groups excluding carboxylic acids is 1. The molecule has 1 fully saturated rings. The third-order valence-electron chi connectivity index (χ3n) is 3.52. The summed E-state index contributed by atoms with van der Waals surface area (Å²) in [7, 11) is 0. The maximum absolute atomic E-state index is 12.0. The predicted molar refractivity (Wildman–Crippen MR) is 68.7 cm³/mol. The van der Waals surface area contributed by atoms with Gasteiger partial charge in [-0.1, -0.05) is 0 Å². The van der Waals surface area contributed by atoms with Gasteiger partial charge < -0.3 is 10.2 Å². The standard InChI is InChI=1S/C14H19NO3/c16-10-11-5-7-15(8-6-11)9-14(18)12-1-3-13(17)4-2-12/h1-4,11,16-17H,5-10H2. The van der Waals surface area contributed by atoms with Gasteiger partial charge in [-0.25, -0.2) is 0 Å². The van der Waals surface area contributed by atoms with Crippen LogP contribution in [0.25, 0.3) is 0 Å². The number of hydrogen-bond donors (Lipinski definition) is 2. The lowest BCUT2D eigenvalue weighted by atomic mass is 9.97. The normalized spacial score (nSPS) is 17.8. The van der Waals surface area contributed by atoms with E-state index in [-0.39, 0.29) is 18.1 Å². The number of aliphatic hydroxyl groups is 1. The number of benzene rings is 1. The van der Waals surface area contributed by atoms with E-state index in [1.165, 1.54) is 12.1 Å². The minimum Gasteiger partial charge on any atom is -0.508 e. The molecule has 1 heterocycles. The average molecular weight is 249 g/mol. The van der Waals surface area contributed by atoms with Crippen molar-refractivity contribution in [2.24, 2.45) is 5.92 Å². The zero-order chi connectivity index (χ0) is 13.0. The van der Waals surface area contributed by atoms with Gasteiger partial charge in [-0.15, -0.1) is 0 Å². The molecule has 0 amide bonds. The molecule has 0 aromatic heterocycles. The molecule has 98 valence electrons. The number of carbonyl (C=O) groups is 1. The first kappa shape index (κ1) is 13.1. The van der Waals surface area contributed by atoms with Gasteiger partial charge in [0.15, 0.2) is 5.78 Å². The van der Waals surface area contributed by atoms with Gasteiger partial charge in [0.25, 0.3) is 0 Å². The number of nitrogens with zero attached hydrogens (tertiary/aromatic N) is 1. The van der Waals surface area contributed by atoms with Gasteiger partial charge >= 0.3 is 0 Å². The summed E-state index contributed by atoms with van der Waals surface area (Å²) >= 11 is 0. The summed E-state index contributed by atoms with van der Waals surface area (Å²) in [6.07, 6.45) is 1.92. The Balaban J connectivity index is 1.86. The number of hydrogen-bond acceptors (Lipinski definition) is 4. The van der Waals surface area contributed by atoms with Gasteiger partial charge in [0, 0.05) is 12.2 Å². The van der Waals surface area contributed by atoms with Gasteiger partial charge in [0.2, 0.25) is 0 Å². The molecule has 18 heavy (non-hydrogen) atoms. The first-order chi connectivity index (χ1) is 8.69. The molecule has 1 aliphatic rings. The number of aromatic hydroxyl groups is 1. The zero-order valence-corrected chi connectivity index (χ0v) is 10.4. The monoisotopic (exact) mass is 249 g/mol. The second kappa shape index (κ2) is 5.98. The highest BCUT2D eigenvalue weighted by Gasteiger charge is 2.20. The largest absolute Gasteiger partial charge is 0.508 e. The Labute approximate surface area is 107 Å². The molecule has 0 unspecified atom stereocenters. The van der Waals surface area contributed by atoms with E-state index in [0.717, 1.165) is 25.9 Å². The lowest BCUT2D eigenvalue weighted by molar-refractivity contribution is 0.0864. The molecule has 4 heteroatoms. The highest BCUT2D eigenvalue weighted by atomic mass is 16.3. The van der Waals surface area contributed by atoms with E-state index in [4.69, 9.17) is 5.11 Å². The summed E-state index contributed by atoms with van der Waals surface area (Å²) in [5.74, 6) is 0.651. The van der Waals surface area contributed by atoms with Crippen LogP contribution in [0.4, 0.5) is 0 Å². The van der Waals surface area contributed by atoms with Gasteiger partial charge in [-0.05, 0) is 56.1 Å². The maximum Gasteiger partial charge on any atom is 0.176 e. The molecule has 0 atom stereocenters. The lowest BCUT2D eigenvalue weighted by Gasteiger charge is -2.30. The van der Waals surface area contributed by atoms with Crippen LogP contribution in [0.1, 0.15) is 23.2 Å². The summed E-state index contributed by atoms with van der Waals surface area (Å²) in [6, 6.07) is 6.37. The van der Waals surface area contributed by atoms with Gasteiger partial charge in [0.1, 0.15) is 5.75 Å². The molecule has 0 bridgehead atoms. The Morgan fingerprint density at radius 3 is 2.39 bits per heavy atom. The minimum absolute atomic E-state index is 0.0810. The van der Waals surface area contributed by atoms with E-state index >= 15 is 0 Å². The molecule has 1 saturated heterocycles. The summed E-state index contributed by atoms with van der Waals surface area (Å²) in [4.78, 5) is 14.1. The van der Waals surface area contributed by atoms with Crippen molar-refractivity contribution in [1.82, 2.24) is 4.90 Å². The highest BCUT2D eigenvalue weighted by Crippen LogP contribution is 2.17. The third kappa shape index (κ3) is 3.31. The first-order valence-electron chi connectivity index (χ1n) is 6.34. The molecule has 1 aromatic carbocycles. The molecule has 0 aliphatic carbocycles. The van der Waals surface area contributed by atoms with Crippen LogP contribution < -0.4 is 0 Å². The van der Waals surface area contributed by atoms with Crippen LogP contribution in [0.5, 0.6) is 5.75 Å². The molecule has 0 saturated carbocycles. The van der Waals surface area contributed by atoms with Gasteiger partial charge in [-0.2, -0.15) is 0 Å². The molecule has 2 rings (SSSR count). The third-order valence-corrected chi connectivity index (χ3v) is 3.52. The van der Waals surface area contributed by atoms with Crippen molar-refractivity contribution < 1.29 is 15.0 Å². The second-order valence-corrected chi connectivity index (χ2v) is 4.87. The van der Waals surface area contributed by atoms with Crippen molar-refractivity contribution in [1.29, 1.82) is 0 Å². The van der Waals surface area contributed by atoms with Crippen LogP contribution in [-0.2, 0) is 0 Å². The summed E-state index contributed by atoms with van der Waals surface area (Å²) in [5, 5.41) is 18.2. The Morgan fingerprint density at radius 1 is 1.22 bits per heavy atom. The SMILES string of the molecule is O=C(CN1CCC(CO)CC1)c1ccc(O)cc1. The molecule has 1 aromatic rings. The number of phenols is 1. The maximum atomic E-state index is 12.0. The van der Waals surface area contributed by atoms with Gasteiger partial charge in [0.05, 0.1) is 6.54 Å². The fraction of sp³-hybridized carbons (Fsp3) is 0.500. The van der Waals surface area contributed by atoms with Crippen LogP contribution in [0.15, 0.2) is 24.3 Å². The van der Waals surface area contributed by atoms with Crippen LogP contribution in [0.2, 0.25) is 0 Å². The molecule has 2 N–H and O–H groups in total. The van der Waals surface area contributed by atoms with E-state index in [9.17, 15) is 9.90 Å². The molecule has 4 nitrogen and oxygen atoms in total. The van der Waals surface area contributed by atoms with Crippen molar-refractivity contribution in [2.45, 2.75) is 12.8 Å². The Hall–Kier alpha value is -1.39. The average Bonchev–Trinajstić information content (AvgIpc) is 2.40. The second-order valence-electron chi connectivity index (χ2n) is 4.87. The molecule has 0 spiro atoms. The lowest BCUT2D eigenvalue weighted by Crippen LogP contribution is -2.38. The Morgan fingerprint density at radius 2 is 1.83 bits per heavy atom. The van der Waals surface area contributed by atoms with E-state index in [2.05, 4.69) is 4.90 Å². The Bertz CT molecular complexity index is 394. The van der Waals surface area contributed by atoms with E-state index < -0.39 is 0 Å². The van der Waals surface area contributed by atoms with Crippen molar-refractivity contribution in [3.63, 3.8) is 0 Å². The van der Waals surface area contributed by atoms with Crippen LogP contribution in [0.3, 0.4) is 0 Å². The fourth-order valence-corrected chi connectivity index (χ4v) is 2.27. The minimum atomic E-state index is 0.0810. The molecule has 0 radical (unpaired) electrons. The summed E-state index contributed by atoms with van der Waals surface area (Å²) in [5.41, 5.74) is 0.636. The van der Waals surface area contributed by atoms with Crippen LogP contribution >= 0.6 is 0 Å². The number of phenolic OH excluding ortho intramolecular Hbond substituents is 1. The van der Waals surface area contributed by atoms with Gasteiger partial charge in [-0.3, -0.25) is 9.69 Å². The number of piperidine rings is 1. The predicted octanol–water partition coefficient (Wildman–Crippen LogP) is 1.28. The number of aliphatic hydroxyl groups excluding tert-OH is 1. The quantitative estimate of drug-likeness (QED) is 0.789. The number of ketones is 1.